The van der Waals surface area contributed by atoms with Crippen molar-refractivity contribution in [3.63, 3.8) is 0 Å². The van der Waals surface area contributed by atoms with Gasteiger partial charge in [-0.25, -0.2) is 13.2 Å². The van der Waals surface area contributed by atoms with Crippen molar-refractivity contribution in [1.82, 2.24) is 9.47 Å². The lowest BCUT2D eigenvalue weighted by Crippen LogP contribution is -2.32. The van der Waals surface area contributed by atoms with Crippen molar-refractivity contribution in [2.24, 2.45) is 0 Å². The fourth-order valence-electron chi connectivity index (χ4n) is 4.82. The molecule has 1 atom stereocenters. The largest absolute Gasteiger partial charge is 0.388 e. The summed E-state index contributed by atoms with van der Waals surface area (Å²) in [5.74, 6) is -0.873. The van der Waals surface area contributed by atoms with Crippen LogP contribution in [0, 0.1) is 17.5 Å². The molecule has 1 unspecified atom stereocenters. The lowest BCUT2D eigenvalue weighted by molar-refractivity contribution is 0.152. The van der Waals surface area contributed by atoms with Crippen molar-refractivity contribution >= 4 is 10.9 Å². The van der Waals surface area contributed by atoms with E-state index in [1.54, 1.807) is 36.4 Å². The van der Waals surface area contributed by atoms with Crippen LogP contribution in [0.2, 0.25) is 0 Å². The first-order valence-corrected chi connectivity index (χ1v) is 11.2. The molecule has 1 aliphatic heterocycles. The van der Waals surface area contributed by atoms with Gasteiger partial charge in [0.1, 0.15) is 17.5 Å². The van der Waals surface area contributed by atoms with Gasteiger partial charge >= 0.3 is 0 Å². The van der Waals surface area contributed by atoms with Crippen LogP contribution in [0.1, 0.15) is 35.8 Å². The quantitative estimate of drug-likeness (QED) is 0.395. The van der Waals surface area contributed by atoms with E-state index < -0.39 is 6.10 Å². The summed E-state index contributed by atoms with van der Waals surface area (Å²) in [4.78, 5) is 2.33. The Morgan fingerprint density at radius 1 is 0.848 bits per heavy atom. The van der Waals surface area contributed by atoms with Crippen molar-refractivity contribution < 1.29 is 18.3 Å². The SMILES string of the molecule is OC(CCCN1CCc2c(n(-c3ccc(F)cc3)c3ccc(F)cc23)C1)c1ccc(F)cc1. The minimum Gasteiger partial charge on any atom is -0.388 e. The van der Waals surface area contributed by atoms with E-state index in [1.165, 1.54) is 30.3 Å². The molecule has 0 aliphatic carbocycles. The Labute approximate surface area is 190 Å². The Morgan fingerprint density at radius 3 is 2.24 bits per heavy atom. The molecule has 2 heterocycles. The molecule has 5 rings (SSSR count). The molecule has 33 heavy (non-hydrogen) atoms. The highest BCUT2D eigenvalue weighted by Crippen LogP contribution is 2.34. The smallest absolute Gasteiger partial charge is 0.123 e. The number of aromatic nitrogens is 1. The summed E-state index contributed by atoms with van der Waals surface area (Å²) in [7, 11) is 0. The van der Waals surface area contributed by atoms with Gasteiger partial charge in [-0.3, -0.25) is 4.90 Å². The topological polar surface area (TPSA) is 28.4 Å². The van der Waals surface area contributed by atoms with Crippen LogP contribution >= 0.6 is 0 Å². The number of aliphatic hydroxyl groups excluding tert-OH is 1. The number of benzene rings is 3. The average molecular weight is 451 g/mol. The first kappa shape index (κ1) is 21.7. The normalized spacial score (nSPS) is 15.0. The molecule has 1 N–H and O–H groups in total. The van der Waals surface area contributed by atoms with Crippen LogP contribution in [-0.4, -0.2) is 27.7 Å². The van der Waals surface area contributed by atoms with Gasteiger partial charge in [0.25, 0.3) is 0 Å². The average Bonchev–Trinajstić information content (AvgIpc) is 3.13. The zero-order chi connectivity index (χ0) is 22.9. The minimum atomic E-state index is -0.625. The van der Waals surface area contributed by atoms with Gasteiger partial charge in [0.15, 0.2) is 0 Å². The van der Waals surface area contributed by atoms with Crippen molar-refractivity contribution in [2.75, 3.05) is 13.1 Å². The van der Waals surface area contributed by atoms with E-state index >= 15 is 0 Å². The molecule has 0 saturated carbocycles. The van der Waals surface area contributed by atoms with Crippen molar-refractivity contribution in [1.29, 1.82) is 0 Å². The number of halogens is 3. The van der Waals surface area contributed by atoms with Crippen LogP contribution in [-0.2, 0) is 13.0 Å². The molecule has 6 heteroatoms. The molecule has 0 saturated heterocycles. The Balaban J connectivity index is 1.36. The molecule has 0 spiro atoms. The summed E-state index contributed by atoms with van der Waals surface area (Å²) < 4.78 is 42.8. The molecule has 3 aromatic carbocycles. The maximum Gasteiger partial charge on any atom is 0.123 e. The van der Waals surface area contributed by atoms with Crippen LogP contribution in [0.3, 0.4) is 0 Å². The predicted molar refractivity (Wildman–Crippen MR) is 123 cm³/mol. The third kappa shape index (κ3) is 4.41. The number of nitrogens with zero attached hydrogens (tertiary/aromatic N) is 2. The first-order valence-electron chi connectivity index (χ1n) is 11.2. The summed E-state index contributed by atoms with van der Waals surface area (Å²) in [6.07, 6.45) is 1.55. The lowest BCUT2D eigenvalue weighted by Gasteiger charge is -2.29. The summed E-state index contributed by atoms with van der Waals surface area (Å²) in [6, 6.07) is 17.2. The van der Waals surface area contributed by atoms with Gasteiger partial charge in [-0.15, -0.1) is 0 Å². The molecular weight excluding hydrogens is 425 g/mol. The van der Waals surface area contributed by atoms with Crippen LogP contribution < -0.4 is 0 Å². The van der Waals surface area contributed by atoms with E-state index in [4.69, 9.17) is 0 Å². The molecule has 0 radical (unpaired) electrons. The Kier molecular flexibility index (Phi) is 5.96. The van der Waals surface area contributed by atoms with Crippen LogP contribution in [0.25, 0.3) is 16.6 Å². The zero-order valence-corrected chi connectivity index (χ0v) is 18.1. The molecule has 0 fully saturated rings. The number of fused-ring (bicyclic) bond motifs is 3. The van der Waals surface area contributed by atoms with Crippen LogP contribution in [0.4, 0.5) is 13.2 Å². The monoisotopic (exact) mass is 450 g/mol. The molecule has 0 bridgehead atoms. The fraction of sp³-hybridized carbons (Fsp3) is 0.259. The summed E-state index contributed by atoms with van der Waals surface area (Å²) in [6.45, 7) is 2.34. The molecular formula is C27H25F3N2O. The van der Waals surface area contributed by atoms with Crippen LogP contribution in [0.5, 0.6) is 0 Å². The van der Waals surface area contributed by atoms with Gasteiger partial charge in [-0.1, -0.05) is 12.1 Å². The number of aliphatic hydroxyl groups is 1. The van der Waals surface area contributed by atoms with Gasteiger partial charge < -0.3 is 9.67 Å². The second kappa shape index (κ2) is 9.04. The van der Waals surface area contributed by atoms with Crippen molar-refractivity contribution in [3.8, 4) is 5.69 Å². The summed E-state index contributed by atoms with van der Waals surface area (Å²) in [5, 5.41) is 11.3. The van der Waals surface area contributed by atoms with Gasteiger partial charge in [0.2, 0.25) is 0 Å². The summed E-state index contributed by atoms with van der Waals surface area (Å²) in [5.41, 5.74) is 4.71. The lowest BCUT2D eigenvalue weighted by atomic mass is 10.0. The van der Waals surface area contributed by atoms with Crippen molar-refractivity contribution in [3.05, 3.63) is 101 Å². The van der Waals surface area contributed by atoms with Gasteiger partial charge in [-0.05, 0) is 91.5 Å². The third-order valence-corrected chi connectivity index (χ3v) is 6.49. The third-order valence-electron chi connectivity index (χ3n) is 6.49. The van der Waals surface area contributed by atoms with E-state index in [0.717, 1.165) is 59.3 Å². The molecule has 170 valence electrons. The molecule has 1 aromatic heterocycles. The summed E-state index contributed by atoms with van der Waals surface area (Å²) >= 11 is 0. The zero-order valence-electron chi connectivity index (χ0n) is 18.1. The Hall–Kier alpha value is -3.09. The molecule has 4 aromatic rings. The van der Waals surface area contributed by atoms with Crippen molar-refractivity contribution in [2.45, 2.75) is 31.9 Å². The van der Waals surface area contributed by atoms with Gasteiger partial charge in [-0.2, -0.15) is 0 Å². The molecule has 1 aliphatic rings. The van der Waals surface area contributed by atoms with Gasteiger partial charge in [0, 0.05) is 29.9 Å². The fourth-order valence-corrected chi connectivity index (χ4v) is 4.82. The Morgan fingerprint density at radius 2 is 1.52 bits per heavy atom. The second-order valence-electron chi connectivity index (χ2n) is 8.63. The standard InChI is InChI=1S/C27H25F3N2O/c28-19-5-3-18(4-6-19)27(33)2-1-14-31-15-13-23-24-16-21(30)9-12-25(24)32(26(23)17-31)22-10-7-20(29)8-11-22/h3-12,16,27,33H,1-2,13-15,17H2. The van der Waals surface area contributed by atoms with E-state index in [9.17, 15) is 18.3 Å². The maximum absolute atomic E-state index is 14.0. The molecule has 3 nitrogen and oxygen atoms in total. The highest BCUT2D eigenvalue weighted by atomic mass is 19.1. The van der Waals surface area contributed by atoms with E-state index in [-0.39, 0.29) is 17.5 Å². The first-order chi connectivity index (χ1) is 16.0. The molecule has 0 amide bonds. The predicted octanol–water partition coefficient (Wildman–Crippen LogP) is 5.92. The van der Waals surface area contributed by atoms with Gasteiger partial charge in [0.05, 0.1) is 11.6 Å². The highest BCUT2D eigenvalue weighted by Gasteiger charge is 2.25. The van der Waals surface area contributed by atoms with E-state index in [0.29, 0.717) is 13.0 Å². The number of hydrogen-bond donors (Lipinski definition) is 1. The highest BCUT2D eigenvalue weighted by molar-refractivity contribution is 5.87. The number of rotatable bonds is 6. The second-order valence-corrected chi connectivity index (χ2v) is 8.63. The van der Waals surface area contributed by atoms with E-state index in [2.05, 4.69) is 9.47 Å². The van der Waals surface area contributed by atoms with Crippen LogP contribution in [0.15, 0.2) is 66.7 Å². The Bertz CT molecular complexity index is 1270. The maximum atomic E-state index is 14.0. The minimum absolute atomic E-state index is 0.265. The van der Waals surface area contributed by atoms with E-state index in [1.807, 2.05) is 0 Å². The number of hydrogen-bond acceptors (Lipinski definition) is 2.